The van der Waals surface area contributed by atoms with Gasteiger partial charge < -0.3 is 14.6 Å². The standard InChI is InChI=1S/C30H40O7/c1-16(31)35-25-14-18(26(37-25)36-17(2)32)19-8-9-20-28(19,5)12-10-21-29(6)13-11-23(33)27(3,4)22(29)15-24(34)30(20,21)7/h9,11,13-14,19,21-22,24-26,34H,8,10,12,15H2,1-7H3/t19-,21+,22-,24+,25?,26?,28-,29+,30-/m0/s1. The molecule has 1 aliphatic heterocycles. The first kappa shape index (κ1) is 26.4. The molecule has 5 rings (SSSR count). The van der Waals surface area contributed by atoms with Gasteiger partial charge in [0.2, 0.25) is 12.6 Å². The average Bonchev–Trinajstić information content (AvgIpc) is 3.33. The van der Waals surface area contributed by atoms with E-state index in [1.807, 2.05) is 13.8 Å². The third-order valence-electron chi connectivity index (χ3n) is 10.8. The van der Waals surface area contributed by atoms with Crippen molar-refractivity contribution in [3.05, 3.63) is 35.5 Å². The van der Waals surface area contributed by atoms with E-state index in [4.69, 9.17) is 14.2 Å². The summed E-state index contributed by atoms with van der Waals surface area (Å²) in [5, 5.41) is 11.8. The number of hydrogen-bond acceptors (Lipinski definition) is 7. The molecule has 0 amide bonds. The number of carbonyl (C=O) groups excluding carboxylic acids is 3. The van der Waals surface area contributed by atoms with Gasteiger partial charge in [0.1, 0.15) is 0 Å². The Morgan fingerprint density at radius 3 is 2.38 bits per heavy atom. The summed E-state index contributed by atoms with van der Waals surface area (Å²) in [5.41, 5.74) is 0.597. The topological polar surface area (TPSA) is 99.1 Å². The Kier molecular flexibility index (Phi) is 5.97. The number of esters is 2. The number of hydrogen-bond donors (Lipinski definition) is 1. The summed E-state index contributed by atoms with van der Waals surface area (Å²) in [4.78, 5) is 36.3. The van der Waals surface area contributed by atoms with E-state index in [-0.39, 0.29) is 34.4 Å². The van der Waals surface area contributed by atoms with Crippen LogP contribution in [0, 0.1) is 39.4 Å². The molecule has 2 saturated carbocycles. The first-order valence-corrected chi connectivity index (χ1v) is 13.5. The number of carbonyl (C=O) groups is 3. The van der Waals surface area contributed by atoms with Crippen molar-refractivity contribution in [3.8, 4) is 0 Å². The van der Waals surface area contributed by atoms with Crippen molar-refractivity contribution in [2.45, 2.75) is 92.8 Å². The van der Waals surface area contributed by atoms with Gasteiger partial charge in [0.05, 0.1) is 6.10 Å². The van der Waals surface area contributed by atoms with E-state index in [0.717, 1.165) is 24.8 Å². The average molecular weight is 513 g/mol. The lowest BCUT2D eigenvalue weighted by molar-refractivity contribution is -0.204. The lowest BCUT2D eigenvalue weighted by atomic mass is 9.38. The molecule has 1 heterocycles. The minimum Gasteiger partial charge on any atom is -0.432 e. The van der Waals surface area contributed by atoms with Crippen molar-refractivity contribution in [2.24, 2.45) is 39.4 Å². The van der Waals surface area contributed by atoms with Gasteiger partial charge in [0, 0.05) is 30.3 Å². The molecule has 9 atom stereocenters. The SMILES string of the molecule is CC(=O)OC1C=C([C@@H]2CC=C3[C@]4(C)[C@H](O)C[C@H]5C(C)(C)C(=O)C=C[C@]5(C)[C@H]4CC[C@]32C)C(OC(C)=O)O1. The van der Waals surface area contributed by atoms with Crippen LogP contribution in [0.3, 0.4) is 0 Å². The fraction of sp³-hybridized carbons (Fsp3) is 0.700. The second kappa shape index (κ2) is 8.37. The Balaban J connectivity index is 1.52. The highest BCUT2D eigenvalue weighted by Gasteiger charge is 2.67. The molecule has 0 bridgehead atoms. The van der Waals surface area contributed by atoms with E-state index in [1.165, 1.54) is 19.4 Å². The first-order valence-electron chi connectivity index (χ1n) is 13.5. The maximum atomic E-state index is 12.8. The Hall–Kier alpha value is -2.25. The molecule has 0 aromatic carbocycles. The van der Waals surface area contributed by atoms with E-state index in [1.54, 1.807) is 12.2 Å². The third kappa shape index (κ3) is 3.63. The smallest absolute Gasteiger partial charge is 0.305 e. The van der Waals surface area contributed by atoms with Gasteiger partial charge in [-0.25, -0.2) is 0 Å². The molecule has 2 unspecified atom stereocenters. The number of ketones is 1. The van der Waals surface area contributed by atoms with Crippen molar-refractivity contribution in [1.82, 2.24) is 0 Å². The number of aliphatic hydroxyl groups is 1. The Labute approximate surface area is 219 Å². The quantitative estimate of drug-likeness (QED) is 0.434. The van der Waals surface area contributed by atoms with Crippen molar-refractivity contribution in [3.63, 3.8) is 0 Å². The fourth-order valence-electron chi connectivity index (χ4n) is 9.00. The zero-order valence-electron chi connectivity index (χ0n) is 23.0. The van der Waals surface area contributed by atoms with Crippen LogP contribution < -0.4 is 0 Å². The zero-order valence-corrected chi connectivity index (χ0v) is 23.0. The normalized spacial score (nSPS) is 45.8. The van der Waals surface area contributed by atoms with Gasteiger partial charge >= 0.3 is 11.9 Å². The van der Waals surface area contributed by atoms with Crippen LogP contribution >= 0.6 is 0 Å². The molecule has 0 saturated heterocycles. The summed E-state index contributed by atoms with van der Waals surface area (Å²) < 4.78 is 16.6. The molecule has 0 radical (unpaired) electrons. The Morgan fingerprint density at radius 1 is 1.05 bits per heavy atom. The van der Waals surface area contributed by atoms with Gasteiger partial charge in [-0.05, 0) is 66.4 Å². The molecule has 0 aromatic heterocycles. The molecule has 4 aliphatic carbocycles. The molecule has 202 valence electrons. The van der Waals surface area contributed by atoms with Gasteiger partial charge in [-0.1, -0.05) is 52.3 Å². The number of fused-ring (bicyclic) bond motifs is 5. The van der Waals surface area contributed by atoms with E-state index >= 15 is 0 Å². The van der Waals surface area contributed by atoms with Crippen LogP contribution in [0.15, 0.2) is 35.5 Å². The summed E-state index contributed by atoms with van der Waals surface area (Å²) in [6, 6.07) is 0. The highest BCUT2D eigenvalue weighted by atomic mass is 16.8. The molecule has 0 aromatic rings. The van der Waals surface area contributed by atoms with Crippen LogP contribution in [0.25, 0.3) is 0 Å². The largest absolute Gasteiger partial charge is 0.432 e. The molecule has 5 aliphatic rings. The minimum atomic E-state index is -0.909. The van der Waals surface area contributed by atoms with Crippen molar-refractivity contribution < 1.29 is 33.7 Å². The summed E-state index contributed by atoms with van der Waals surface area (Å²) in [5.74, 6) is -0.557. The fourth-order valence-corrected chi connectivity index (χ4v) is 9.00. The number of ether oxygens (including phenoxy) is 3. The molecule has 1 N–H and O–H groups in total. The second-order valence-electron chi connectivity index (χ2n) is 13.0. The molecule has 0 spiro atoms. The predicted octanol–water partition coefficient (Wildman–Crippen LogP) is 4.64. The summed E-state index contributed by atoms with van der Waals surface area (Å²) in [6.45, 7) is 13.4. The van der Waals surface area contributed by atoms with E-state index in [9.17, 15) is 19.5 Å². The van der Waals surface area contributed by atoms with E-state index in [2.05, 4.69) is 32.9 Å². The van der Waals surface area contributed by atoms with E-state index < -0.39 is 41.5 Å². The molecule has 7 heteroatoms. The van der Waals surface area contributed by atoms with Crippen LogP contribution in [0.4, 0.5) is 0 Å². The first-order chi connectivity index (χ1) is 17.2. The maximum Gasteiger partial charge on any atom is 0.305 e. The van der Waals surface area contributed by atoms with Crippen LogP contribution in [0.2, 0.25) is 0 Å². The minimum absolute atomic E-state index is 0.0113. The second-order valence-corrected chi connectivity index (χ2v) is 13.0. The zero-order chi connectivity index (χ0) is 27.1. The van der Waals surface area contributed by atoms with Gasteiger partial charge in [0.25, 0.3) is 0 Å². The molecular formula is C30H40O7. The lowest BCUT2D eigenvalue weighted by Gasteiger charge is -2.66. The summed E-state index contributed by atoms with van der Waals surface area (Å²) in [6.07, 6.45) is 8.66. The van der Waals surface area contributed by atoms with Gasteiger partial charge in [-0.15, -0.1) is 0 Å². The van der Waals surface area contributed by atoms with Gasteiger partial charge in [-0.2, -0.15) is 0 Å². The molecule has 7 nitrogen and oxygen atoms in total. The van der Waals surface area contributed by atoms with E-state index in [0.29, 0.717) is 6.42 Å². The summed E-state index contributed by atoms with van der Waals surface area (Å²) >= 11 is 0. The third-order valence-corrected chi connectivity index (χ3v) is 10.8. The molecular weight excluding hydrogens is 472 g/mol. The molecule has 2 fully saturated rings. The van der Waals surface area contributed by atoms with Gasteiger partial charge in [-0.3, -0.25) is 19.1 Å². The van der Waals surface area contributed by atoms with Crippen LogP contribution in [-0.2, 0) is 28.6 Å². The highest BCUT2D eigenvalue weighted by Crippen LogP contribution is 2.72. The van der Waals surface area contributed by atoms with Crippen LogP contribution in [0.5, 0.6) is 0 Å². The monoisotopic (exact) mass is 512 g/mol. The summed E-state index contributed by atoms with van der Waals surface area (Å²) in [7, 11) is 0. The Bertz CT molecular complexity index is 1130. The van der Waals surface area contributed by atoms with Crippen molar-refractivity contribution >= 4 is 17.7 Å². The maximum absolute atomic E-state index is 12.8. The van der Waals surface area contributed by atoms with Crippen LogP contribution in [-0.4, -0.2) is 41.5 Å². The number of allylic oxidation sites excluding steroid dienone is 3. The predicted molar refractivity (Wildman–Crippen MR) is 136 cm³/mol. The Morgan fingerprint density at radius 2 is 1.73 bits per heavy atom. The number of aliphatic hydroxyl groups excluding tert-OH is 1. The van der Waals surface area contributed by atoms with Crippen molar-refractivity contribution in [1.29, 1.82) is 0 Å². The lowest BCUT2D eigenvalue weighted by Crippen LogP contribution is -2.63. The van der Waals surface area contributed by atoms with Crippen molar-refractivity contribution in [2.75, 3.05) is 0 Å². The van der Waals surface area contributed by atoms with Gasteiger partial charge in [0.15, 0.2) is 5.78 Å². The molecule has 37 heavy (non-hydrogen) atoms. The number of rotatable bonds is 3. The van der Waals surface area contributed by atoms with Crippen LogP contribution in [0.1, 0.15) is 74.1 Å². The highest BCUT2D eigenvalue weighted by molar-refractivity contribution is 5.95.